The van der Waals surface area contributed by atoms with Crippen molar-refractivity contribution in [3.63, 3.8) is 0 Å². The summed E-state index contributed by atoms with van der Waals surface area (Å²) in [6.45, 7) is 16.6. The Morgan fingerprint density at radius 3 is 2.15 bits per heavy atom. The fourth-order valence-corrected chi connectivity index (χ4v) is 4.08. The molecule has 0 bridgehead atoms. The second-order valence-corrected chi connectivity index (χ2v) is 9.71. The minimum Gasteiger partial charge on any atom is -0.467 e. The molecule has 0 aromatic heterocycles. The summed E-state index contributed by atoms with van der Waals surface area (Å²) in [5.41, 5.74) is -2.21. The molecule has 2 amide bonds. The van der Waals surface area contributed by atoms with Crippen molar-refractivity contribution >= 4 is 29.6 Å². The molecule has 4 atom stereocenters. The van der Waals surface area contributed by atoms with Gasteiger partial charge in [-0.3, -0.25) is 19.8 Å². The van der Waals surface area contributed by atoms with Crippen molar-refractivity contribution in [3.8, 4) is 0 Å². The van der Waals surface area contributed by atoms with Gasteiger partial charge in [-0.05, 0) is 39.3 Å². The van der Waals surface area contributed by atoms with E-state index in [2.05, 4.69) is 11.9 Å². The van der Waals surface area contributed by atoms with Crippen molar-refractivity contribution in [1.82, 2.24) is 10.2 Å². The zero-order valence-corrected chi connectivity index (χ0v) is 24.5. The van der Waals surface area contributed by atoms with Crippen LogP contribution in [0.15, 0.2) is 36.9 Å². The lowest BCUT2D eigenvalue weighted by atomic mass is 10.1. The third-order valence-electron chi connectivity index (χ3n) is 5.98. The number of nitrogens with one attached hydrogen (secondary N) is 1. The summed E-state index contributed by atoms with van der Waals surface area (Å²) in [7, 11) is 1.21. The number of nitro groups is 1. The molecule has 12 nitrogen and oxygen atoms in total. The van der Waals surface area contributed by atoms with E-state index < -0.39 is 52.1 Å². The predicted octanol–water partition coefficient (Wildman–Crippen LogP) is 4.42. The average molecular weight is 564 g/mol. The quantitative estimate of drug-likeness (QED) is 0.167. The van der Waals surface area contributed by atoms with Crippen LogP contribution in [0.4, 0.5) is 10.5 Å². The van der Waals surface area contributed by atoms with Gasteiger partial charge in [-0.15, -0.1) is 6.58 Å². The number of non-ortho nitro benzene ring substituents is 1. The van der Waals surface area contributed by atoms with Crippen molar-refractivity contribution < 1.29 is 38.3 Å². The summed E-state index contributed by atoms with van der Waals surface area (Å²) in [5.74, 6) is -2.32. The Balaban J connectivity index is 0.00000191. The van der Waals surface area contributed by atoms with E-state index in [-0.39, 0.29) is 30.1 Å². The summed E-state index contributed by atoms with van der Waals surface area (Å²) in [4.78, 5) is 62.5. The molecule has 1 saturated carbocycles. The van der Waals surface area contributed by atoms with Gasteiger partial charge in [0.1, 0.15) is 23.3 Å². The number of carbonyl (C=O) groups is 4. The molecule has 1 aliphatic carbocycles. The molecule has 0 radical (unpaired) electrons. The largest absolute Gasteiger partial charge is 0.467 e. The minimum absolute atomic E-state index is 0.0419. The maximum absolute atomic E-state index is 13.3. The molecule has 2 fully saturated rings. The van der Waals surface area contributed by atoms with Crippen LogP contribution >= 0.6 is 0 Å². The highest BCUT2D eigenvalue weighted by Crippen LogP contribution is 2.45. The molecule has 3 rings (SSSR count). The fraction of sp³-hybridized carbons (Fsp3) is 0.571. The minimum atomic E-state index is -1.26. The second-order valence-electron chi connectivity index (χ2n) is 9.71. The van der Waals surface area contributed by atoms with Gasteiger partial charge < -0.3 is 19.5 Å². The smallest absolute Gasteiger partial charge is 0.411 e. The SMILES string of the molecule is C=CC1C[C@]1(NC(=O)C1CC(OC(=O)c2ccc([N+](=O)[O-])cc2)CN1C(=O)OC(C)(C)C)C(=O)OC.CC.CC. The molecule has 1 saturated heterocycles. The van der Waals surface area contributed by atoms with Crippen molar-refractivity contribution in [2.45, 2.75) is 84.6 Å². The Morgan fingerprint density at radius 1 is 1.12 bits per heavy atom. The lowest BCUT2D eigenvalue weighted by Gasteiger charge is -2.28. The molecule has 3 unspecified atom stereocenters. The van der Waals surface area contributed by atoms with E-state index in [1.54, 1.807) is 26.8 Å². The van der Waals surface area contributed by atoms with E-state index in [4.69, 9.17) is 14.2 Å². The number of benzene rings is 1. The highest BCUT2D eigenvalue weighted by Gasteiger charge is 2.62. The first-order chi connectivity index (χ1) is 18.8. The third-order valence-corrected chi connectivity index (χ3v) is 5.98. The number of esters is 2. The monoisotopic (exact) mass is 563 g/mol. The van der Waals surface area contributed by atoms with E-state index in [0.717, 1.165) is 4.90 Å². The van der Waals surface area contributed by atoms with Gasteiger partial charge in [-0.25, -0.2) is 14.4 Å². The van der Waals surface area contributed by atoms with Crippen molar-refractivity contribution in [2.75, 3.05) is 13.7 Å². The van der Waals surface area contributed by atoms with Gasteiger partial charge in [0.15, 0.2) is 0 Å². The molecule has 2 aliphatic rings. The first kappa shape index (κ1) is 34.1. The first-order valence-corrected chi connectivity index (χ1v) is 13.3. The molecule has 1 aromatic carbocycles. The molecule has 0 spiro atoms. The van der Waals surface area contributed by atoms with Crippen LogP contribution in [0.25, 0.3) is 0 Å². The number of hydrogen-bond acceptors (Lipinski definition) is 9. The van der Waals surface area contributed by atoms with Gasteiger partial charge in [0.2, 0.25) is 5.91 Å². The normalized spacial score (nSPS) is 22.7. The molecule has 1 heterocycles. The van der Waals surface area contributed by atoms with Gasteiger partial charge in [-0.1, -0.05) is 33.8 Å². The number of ether oxygens (including phenoxy) is 3. The van der Waals surface area contributed by atoms with Crippen molar-refractivity contribution in [1.29, 1.82) is 0 Å². The van der Waals surface area contributed by atoms with Crippen LogP contribution in [0.5, 0.6) is 0 Å². The van der Waals surface area contributed by atoms with Gasteiger partial charge in [0.05, 0.1) is 24.1 Å². The predicted molar refractivity (Wildman–Crippen MR) is 148 cm³/mol. The fourth-order valence-electron chi connectivity index (χ4n) is 4.08. The third kappa shape index (κ3) is 8.27. The number of nitrogens with zero attached hydrogens (tertiary/aromatic N) is 2. The first-order valence-electron chi connectivity index (χ1n) is 13.3. The van der Waals surface area contributed by atoms with Gasteiger partial charge >= 0.3 is 18.0 Å². The topological polar surface area (TPSA) is 154 Å². The van der Waals surface area contributed by atoms with E-state index >= 15 is 0 Å². The van der Waals surface area contributed by atoms with Gasteiger partial charge in [-0.2, -0.15) is 0 Å². The average Bonchev–Trinajstić information content (AvgIpc) is 3.48. The Kier molecular flexibility index (Phi) is 12.3. The van der Waals surface area contributed by atoms with E-state index in [1.807, 2.05) is 27.7 Å². The van der Waals surface area contributed by atoms with Crippen LogP contribution in [0, 0.1) is 16.0 Å². The number of nitro benzene ring substituents is 1. The summed E-state index contributed by atoms with van der Waals surface area (Å²) in [6, 6.07) is 3.78. The lowest BCUT2D eigenvalue weighted by molar-refractivity contribution is -0.384. The Morgan fingerprint density at radius 2 is 1.70 bits per heavy atom. The highest BCUT2D eigenvalue weighted by molar-refractivity contribution is 5.95. The molecular weight excluding hydrogens is 522 g/mol. The Labute approximate surface area is 235 Å². The summed E-state index contributed by atoms with van der Waals surface area (Å²) < 4.78 is 15.8. The molecular formula is C28H41N3O9. The number of likely N-dealkylation sites (tertiary alicyclic amines) is 1. The zero-order valence-electron chi connectivity index (χ0n) is 24.5. The van der Waals surface area contributed by atoms with Crippen molar-refractivity contribution in [3.05, 3.63) is 52.6 Å². The van der Waals surface area contributed by atoms with Crippen molar-refractivity contribution in [2.24, 2.45) is 5.92 Å². The number of carbonyl (C=O) groups excluding carboxylic acids is 4. The number of methoxy groups -OCH3 is 1. The van der Waals surface area contributed by atoms with Gasteiger partial charge in [0.25, 0.3) is 5.69 Å². The lowest BCUT2D eigenvalue weighted by Crippen LogP contribution is -2.53. The molecule has 1 N–H and O–H groups in total. The standard InChI is InChI=1S/C24H29N3O9.2C2H6/c1-6-15-12-24(15,21(30)34-5)25-19(28)18-11-17(13-26(18)22(31)36-23(2,3)4)35-20(29)14-7-9-16(10-8-14)27(32)33;2*1-2/h6-10,15,17-18H,1,11-13H2,2-5H3,(H,25,28);2*1-2H3/t15?,17?,18?,24-;;/m1../s1. The molecule has 40 heavy (non-hydrogen) atoms. The van der Waals surface area contributed by atoms with Crippen LogP contribution in [0.2, 0.25) is 0 Å². The molecule has 1 aromatic rings. The van der Waals surface area contributed by atoms with E-state index in [0.29, 0.717) is 6.42 Å². The summed E-state index contributed by atoms with van der Waals surface area (Å²) >= 11 is 0. The maximum Gasteiger partial charge on any atom is 0.411 e. The second kappa shape index (κ2) is 14.4. The van der Waals surface area contributed by atoms with E-state index in [9.17, 15) is 29.3 Å². The van der Waals surface area contributed by atoms with Crippen LogP contribution in [-0.2, 0) is 23.8 Å². The number of hydrogen-bond donors (Lipinski definition) is 1. The molecule has 1 aliphatic heterocycles. The molecule has 222 valence electrons. The summed E-state index contributed by atoms with van der Waals surface area (Å²) in [6.07, 6.45) is 0.178. The zero-order chi connectivity index (χ0) is 30.8. The summed E-state index contributed by atoms with van der Waals surface area (Å²) in [5, 5.41) is 13.5. The van der Waals surface area contributed by atoms with Crippen LogP contribution in [0.1, 0.15) is 71.7 Å². The van der Waals surface area contributed by atoms with Crippen LogP contribution in [0.3, 0.4) is 0 Å². The van der Waals surface area contributed by atoms with Gasteiger partial charge in [0, 0.05) is 24.5 Å². The molecule has 12 heteroatoms. The van der Waals surface area contributed by atoms with E-state index in [1.165, 1.54) is 31.4 Å². The van der Waals surface area contributed by atoms with Crippen LogP contribution < -0.4 is 5.32 Å². The Bertz CT molecular complexity index is 1080. The number of amides is 2. The Hall–Kier alpha value is -3.96. The maximum atomic E-state index is 13.3. The number of rotatable bonds is 7. The highest BCUT2D eigenvalue weighted by atomic mass is 16.6. The van der Waals surface area contributed by atoms with Crippen LogP contribution in [-0.4, -0.2) is 70.7 Å².